The highest BCUT2D eigenvalue weighted by Gasteiger charge is 2.27. The van der Waals surface area contributed by atoms with Crippen molar-refractivity contribution in [2.24, 2.45) is 10.8 Å². The third-order valence-electron chi connectivity index (χ3n) is 15.7. The standard InChI is InChI=1S/C74H60N2O2/c1-73(2,3)45-53-21-13-23-57-59-25-15-27-65(71(59)77-69(53)57)75(55-37-29-49(30-38-55)47-17-9-7-10-18-47)63-43-35-51-34-42-62-64(44-36-52-33-41-61(63)67(51)68(52)62)76(56-39-31-50(32-40-56)48-19-11-8-12-20-48)66-28-16-26-60-58-24-14-22-54(46-74(4,5)6)70(58)78-72(60)66/h7-44H,45-46H2,1-6H3. The van der Waals surface area contributed by atoms with Crippen LogP contribution in [0.1, 0.15) is 52.7 Å². The Kier molecular flexibility index (Phi) is 11.1. The Morgan fingerprint density at radius 2 is 0.628 bits per heavy atom. The fourth-order valence-electron chi connectivity index (χ4n) is 12.3. The SMILES string of the molecule is CC(C)(C)Cc1cccc2c1oc1c(N(c3ccc(-c4ccccc4)cc3)c3ccc4ccc5c(N(c6ccc(-c7ccccc7)cc6)c6cccc7c6oc6c(CC(C)(C)C)cccc67)ccc6ccc3c4c65)cccc12. The van der Waals surface area contributed by atoms with E-state index < -0.39 is 0 Å². The molecule has 4 nitrogen and oxygen atoms in total. The minimum Gasteiger partial charge on any atom is -0.454 e. The average Bonchev–Trinajstić information content (AvgIpc) is 4.14. The highest BCUT2D eigenvalue weighted by Crippen LogP contribution is 2.51. The van der Waals surface area contributed by atoms with E-state index in [0.29, 0.717) is 0 Å². The summed E-state index contributed by atoms with van der Waals surface area (Å²) in [6, 6.07) is 84.3. The minimum absolute atomic E-state index is 0.0883. The first-order valence-corrected chi connectivity index (χ1v) is 27.4. The second-order valence-electron chi connectivity index (χ2n) is 23.7. The number of nitrogens with zero attached hydrogens (tertiary/aromatic N) is 2. The molecule has 0 fully saturated rings. The molecule has 0 bridgehead atoms. The van der Waals surface area contributed by atoms with Gasteiger partial charge < -0.3 is 18.6 Å². The van der Waals surface area contributed by atoms with E-state index in [2.05, 4.69) is 282 Å². The van der Waals surface area contributed by atoms with Crippen molar-refractivity contribution >= 4 is 110 Å². The van der Waals surface area contributed by atoms with Crippen molar-refractivity contribution in [3.05, 3.63) is 242 Å². The summed E-state index contributed by atoms with van der Waals surface area (Å²) in [5.74, 6) is 0. The smallest absolute Gasteiger partial charge is 0.159 e. The summed E-state index contributed by atoms with van der Waals surface area (Å²) < 4.78 is 14.4. The number of fused-ring (bicyclic) bond motifs is 6. The lowest BCUT2D eigenvalue weighted by atomic mass is 9.87. The van der Waals surface area contributed by atoms with E-state index in [-0.39, 0.29) is 10.8 Å². The zero-order chi connectivity index (χ0) is 52.9. The third-order valence-corrected chi connectivity index (χ3v) is 15.7. The zero-order valence-electron chi connectivity index (χ0n) is 45.1. The molecule has 0 saturated carbocycles. The zero-order valence-corrected chi connectivity index (χ0v) is 45.1. The van der Waals surface area contributed by atoms with Gasteiger partial charge in [0.15, 0.2) is 11.2 Å². The maximum Gasteiger partial charge on any atom is 0.159 e. The molecule has 0 atom stereocenters. The fraction of sp³-hybridized carbons (Fsp3) is 0.135. The van der Waals surface area contributed by atoms with Crippen molar-refractivity contribution in [1.29, 1.82) is 0 Å². The molecule has 4 heteroatoms. The molecule has 0 spiro atoms. The van der Waals surface area contributed by atoms with Gasteiger partial charge in [0.25, 0.3) is 0 Å². The average molecular weight is 1010 g/mol. The number of hydrogen-bond donors (Lipinski definition) is 0. The van der Waals surface area contributed by atoms with Gasteiger partial charge in [0.05, 0.1) is 22.7 Å². The molecule has 0 aliphatic carbocycles. The predicted molar refractivity (Wildman–Crippen MR) is 331 cm³/mol. The summed E-state index contributed by atoms with van der Waals surface area (Å²) in [6.45, 7) is 13.8. The molecule has 378 valence electrons. The van der Waals surface area contributed by atoms with Crippen LogP contribution in [0, 0.1) is 10.8 Å². The van der Waals surface area contributed by atoms with Crippen molar-refractivity contribution in [3.8, 4) is 22.3 Å². The van der Waals surface area contributed by atoms with Gasteiger partial charge in [-0.3, -0.25) is 0 Å². The predicted octanol–water partition coefficient (Wildman–Crippen LogP) is 21.8. The van der Waals surface area contributed by atoms with Crippen molar-refractivity contribution in [3.63, 3.8) is 0 Å². The molecule has 0 radical (unpaired) electrons. The minimum atomic E-state index is 0.0883. The Morgan fingerprint density at radius 3 is 1.01 bits per heavy atom. The number of anilines is 6. The lowest BCUT2D eigenvalue weighted by Crippen LogP contribution is -2.12. The molecule has 12 aromatic carbocycles. The molecule has 0 unspecified atom stereocenters. The van der Waals surface area contributed by atoms with Crippen LogP contribution in [0.4, 0.5) is 34.1 Å². The van der Waals surface area contributed by atoms with E-state index in [9.17, 15) is 0 Å². The van der Waals surface area contributed by atoms with E-state index in [1.54, 1.807) is 0 Å². The summed E-state index contributed by atoms with van der Waals surface area (Å²) in [6.07, 6.45) is 1.81. The summed E-state index contributed by atoms with van der Waals surface area (Å²) in [5.41, 5.74) is 17.2. The van der Waals surface area contributed by atoms with Gasteiger partial charge >= 0.3 is 0 Å². The van der Waals surface area contributed by atoms with Crippen LogP contribution in [0.15, 0.2) is 239 Å². The first kappa shape index (κ1) is 47.3. The molecule has 14 aromatic rings. The molecular weight excluding hydrogens is 949 g/mol. The monoisotopic (exact) mass is 1010 g/mol. The molecule has 0 aliphatic rings. The van der Waals surface area contributed by atoms with Gasteiger partial charge in [-0.25, -0.2) is 0 Å². The van der Waals surface area contributed by atoms with Crippen LogP contribution in [0.5, 0.6) is 0 Å². The van der Waals surface area contributed by atoms with Gasteiger partial charge in [-0.1, -0.05) is 224 Å². The van der Waals surface area contributed by atoms with Crippen molar-refractivity contribution in [2.75, 3.05) is 9.80 Å². The van der Waals surface area contributed by atoms with Crippen LogP contribution < -0.4 is 9.80 Å². The van der Waals surface area contributed by atoms with Crippen LogP contribution in [0.3, 0.4) is 0 Å². The molecule has 0 amide bonds. The Bertz CT molecular complexity index is 4260. The maximum absolute atomic E-state index is 7.18. The van der Waals surface area contributed by atoms with Gasteiger partial charge in [0, 0.05) is 43.7 Å². The quantitative estimate of drug-likeness (QED) is 0.128. The number of rotatable bonds is 10. The van der Waals surface area contributed by atoms with Crippen LogP contribution in [0.2, 0.25) is 0 Å². The number of para-hydroxylation sites is 4. The lowest BCUT2D eigenvalue weighted by molar-refractivity contribution is 0.410. The highest BCUT2D eigenvalue weighted by molar-refractivity contribution is 6.29. The largest absolute Gasteiger partial charge is 0.454 e. The fourth-order valence-corrected chi connectivity index (χ4v) is 12.3. The molecule has 2 aromatic heterocycles. The molecule has 0 saturated heterocycles. The van der Waals surface area contributed by atoms with E-state index in [1.807, 2.05) is 0 Å². The maximum atomic E-state index is 7.18. The Labute approximate surface area is 455 Å². The van der Waals surface area contributed by atoms with Gasteiger partial charge in [0.2, 0.25) is 0 Å². The second-order valence-corrected chi connectivity index (χ2v) is 23.7. The molecule has 78 heavy (non-hydrogen) atoms. The third kappa shape index (κ3) is 8.14. The Morgan fingerprint density at radius 1 is 0.282 bits per heavy atom. The van der Waals surface area contributed by atoms with Crippen molar-refractivity contribution in [2.45, 2.75) is 54.4 Å². The van der Waals surface area contributed by atoms with Gasteiger partial charge in [-0.2, -0.15) is 0 Å². The highest BCUT2D eigenvalue weighted by atomic mass is 16.3. The van der Waals surface area contributed by atoms with Crippen LogP contribution >= 0.6 is 0 Å². The van der Waals surface area contributed by atoms with E-state index >= 15 is 0 Å². The topological polar surface area (TPSA) is 32.8 Å². The Hall–Kier alpha value is -9.12. The van der Waals surface area contributed by atoms with Crippen molar-refractivity contribution < 1.29 is 8.83 Å². The molecule has 14 rings (SSSR count). The van der Waals surface area contributed by atoms with Gasteiger partial charge in [-0.05, 0) is 127 Å². The van der Waals surface area contributed by atoms with E-state index in [1.165, 1.54) is 54.9 Å². The van der Waals surface area contributed by atoms with Crippen LogP contribution in [-0.4, -0.2) is 0 Å². The van der Waals surface area contributed by atoms with E-state index in [0.717, 1.165) is 102 Å². The van der Waals surface area contributed by atoms with Crippen LogP contribution in [0.25, 0.3) is 98.4 Å². The summed E-state index contributed by atoms with van der Waals surface area (Å²) in [4.78, 5) is 4.85. The molecule has 0 aliphatic heterocycles. The normalized spacial score (nSPS) is 12.3. The summed E-state index contributed by atoms with van der Waals surface area (Å²) >= 11 is 0. The van der Waals surface area contributed by atoms with Crippen LogP contribution in [-0.2, 0) is 12.8 Å². The molecule has 2 heterocycles. The first-order valence-electron chi connectivity index (χ1n) is 27.4. The molecular formula is C74H60N2O2. The van der Waals surface area contributed by atoms with Crippen molar-refractivity contribution in [1.82, 2.24) is 0 Å². The van der Waals surface area contributed by atoms with Gasteiger partial charge in [-0.15, -0.1) is 0 Å². The molecule has 0 N–H and O–H groups in total. The first-order chi connectivity index (χ1) is 37.9. The van der Waals surface area contributed by atoms with E-state index in [4.69, 9.17) is 8.83 Å². The number of hydrogen-bond acceptors (Lipinski definition) is 4. The second kappa shape index (κ2) is 18.3. The lowest BCUT2D eigenvalue weighted by Gasteiger charge is -2.29. The number of furan rings is 2. The van der Waals surface area contributed by atoms with Gasteiger partial charge in [0.1, 0.15) is 11.2 Å². The summed E-state index contributed by atoms with van der Waals surface area (Å²) in [5, 5.41) is 11.6. The number of benzene rings is 12. The Balaban J connectivity index is 0.999. The summed E-state index contributed by atoms with van der Waals surface area (Å²) in [7, 11) is 0.